The van der Waals surface area contributed by atoms with E-state index in [2.05, 4.69) is 40.5 Å². The van der Waals surface area contributed by atoms with E-state index in [1.54, 1.807) is 0 Å². The maximum atomic E-state index is 12.0. The molecular formula is C23H26N2O2. The first-order valence-electron chi connectivity index (χ1n) is 9.26. The van der Waals surface area contributed by atoms with Gasteiger partial charge in [-0.05, 0) is 53.4 Å². The molecule has 140 valence electrons. The van der Waals surface area contributed by atoms with Gasteiger partial charge in [0.2, 0.25) is 0 Å². The van der Waals surface area contributed by atoms with Gasteiger partial charge in [-0.25, -0.2) is 0 Å². The van der Waals surface area contributed by atoms with Gasteiger partial charge >= 0.3 is 0 Å². The highest BCUT2D eigenvalue weighted by molar-refractivity contribution is 5.84. The molecule has 4 heteroatoms. The van der Waals surface area contributed by atoms with Crippen molar-refractivity contribution < 1.29 is 9.53 Å². The normalized spacial score (nSPS) is 10.6. The van der Waals surface area contributed by atoms with E-state index in [0.29, 0.717) is 12.3 Å². The van der Waals surface area contributed by atoms with Crippen molar-refractivity contribution in [3.63, 3.8) is 0 Å². The minimum atomic E-state index is -0.0916. The number of aryl methyl sites for hydroxylation is 1. The molecule has 3 rings (SSSR count). The molecule has 0 atom stereocenters. The van der Waals surface area contributed by atoms with Crippen LogP contribution in [-0.4, -0.2) is 33.2 Å². The number of nitrogens with one attached hydrogen (secondary N) is 1. The molecule has 4 nitrogen and oxygen atoms in total. The van der Waals surface area contributed by atoms with Crippen LogP contribution >= 0.6 is 0 Å². The zero-order valence-electron chi connectivity index (χ0n) is 15.9. The summed E-state index contributed by atoms with van der Waals surface area (Å²) in [6, 6.07) is 22.5. The molecular weight excluding hydrogens is 336 g/mol. The Bertz CT molecular complexity index is 888. The molecule has 3 aromatic carbocycles. The van der Waals surface area contributed by atoms with E-state index in [-0.39, 0.29) is 12.5 Å². The van der Waals surface area contributed by atoms with Crippen LogP contribution in [0, 0.1) is 0 Å². The summed E-state index contributed by atoms with van der Waals surface area (Å²) in [4.78, 5) is 14.1. The van der Waals surface area contributed by atoms with Crippen LogP contribution in [0.3, 0.4) is 0 Å². The first-order valence-corrected chi connectivity index (χ1v) is 9.26. The minimum Gasteiger partial charge on any atom is -0.484 e. The molecule has 0 spiro atoms. The molecule has 0 fully saturated rings. The van der Waals surface area contributed by atoms with E-state index in [4.69, 9.17) is 4.74 Å². The molecule has 0 heterocycles. The highest BCUT2D eigenvalue weighted by atomic mass is 16.5. The minimum absolute atomic E-state index is 0.0376. The first kappa shape index (κ1) is 18.8. The maximum Gasteiger partial charge on any atom is 0.257 e. The molecule has 0 saturated heterocycles. The monoisotopic (exact) mass is 362 g/mol. The van der Waals surface area contributed by atoms with E-state index in [1.807, 2.05) is 50.5 Å². The van der Waals surface area contributed by atoms with Crippen LogP contribution in [0.5, 0.6) is 5.75 Å². The molecule has 0 unspecified atom stereocenters. The second-order valence-corrected chi connectivity index (χ2v) is 6.81. The number of rotatable bonds is 8. The Labute approximate surface area is 160 Å². The van der Waals surface area contributed by atoms with E-state index in [9.17, 15) is 4.79 Å². The zero-order chi connectivity index (χ0) is 19.1. The first-order chi connectivity index (χ1) is 13.1. The summed E-state index contributed by atoms with van der Waals surface area (Å²) in [5, 5.41) is 5.19. The quantitative estimate of drug-likeness (QED) is 0.615. The van der Waals surface area contributed by atoms with Gasteiger partial charge in [-0.3, -0.25) is 4.79 Å². The lowest BCUT2D eigenvalue weighted by Gasteiger charge is -2.12. The lowest BCUT2D eigenvalue weighted by atomic mass is 10.1. The predicted molar refractivity (Wildman–Crippen MR) is 112 cm³/mol. The van der Waals surface area contributed by atoms with Crippen molar-refractivity contribution in [2.24, 2.45) is 0 Å². The summed E-state index contributed by atoms with van der Waals surface area (Å²) in [6.07, 6.45) is 1.85. The van der Waals surface area contributed by atoms with Crippen LogP contribution in [0.25, 0.3) is 10.8 Å². The highest BCUT2D eigenvalue weighted by Gasteiger charge is 2.04. The number of anilines is 1. The second-order valence-electron chi connectivity index (χ2n) is 6.81. The van der Waals surface area contributed by atoms with Gasteiger partial charge in [0.1, 0.15) is 5.75 Å². The molecule has 0 saturated carbocycles. The molecule has 0 bridgehead atoms. The molecule has 0 aliphatic heterocycles. The Morgan fingerprint density at radius 1 is 0.963 bits per heavy atom. The number of hydrogen-bond acceptors (Lipinski definition) is 3. The fourth-order valence-corrected chi connectivity index (χ4v) is 2.94. The van der Waals surface area contributed by atoms with Crippen molar-refractivity contribution in [2.75, 3.05) is 32.1 Å². The van der Waals surface area contributed by atoms with E-state index >= 15 is 0 Å². The van der Waals surface area contributed by atoms with Gasteiger partial charge in [0.25, 0.3) is 5.91 Å². The summed E-state index contributed by atoms with van der Waals surface area (Å²) < 4.78 is 5.61. The Morgan fingerprint density at radius 2 is 1.70 bits per heavy atom. The Hall–Kier alpha value is -3.01. The van der Waals surface area contributed by atoms with Crippen molar-refractivity contribution in [1.82, 2.24) is 5.32 Å². The summed E-state index contributed by atoms with van der Waals surface area (Å²) in [7, 11) is 4.06. The molecule has 0 aliphatic carbocycles. The number of amides is 1. The van der Waals surface area contributed by atoms with Crippen molar-refractivity contribution in [2.45, 2.75) is 12.8 Å². The van der Waals surface area contributed by atoms with Crippen LogP contribution in [0.15, 0.2) is 66.7 Å². The predicted octanol–water partition coefficient (Wildman–Crippen LogP) is 4.03. The van der Waals surface area contributed by atoms with Gasteiger partial charge in [-0.1, -0.05) is 42.5 Å². The van der Waals surface area contributed by atoms with Crippen LogP contribution < -0.4 is 15.0 Å². The van der Waals surface area contributed by atoms with E-state index in [0.717, 1.165) is 23.6 Å². The zero-order valence-corrected chi connectivity index (χ0v) is 15.9. The third kappa shape index (κ3) is 5.48. The van der Waals surface area contributed by atoms with Gasteiger partial charge in [-0.15, -0.1) is 0 Å². The van der Waals surface area contributed by atoms with Crippen molar-refractivity contribution in [3.8, 4) is 5.75 Å². The molecule has 27 heavy (non-hydrogen) atoms. The number of benzene rings is 3. The molecule has 0 radical (unpaired) electrons. The number of carbonyl (C=O) groups is 1. The molecule has 1 N–H and O–H groups in total. The molecule has 3 aromatic rings. The largest absolute Gasteiger partial charge is 0.484 e. The Morgan fingerprint density at radius 3 is 2.44 bits per heavy atom. The van der Waals surface area contributed by atoms with Crippen LogP contribution in [0.2, 0.25) is 0 Å². The maximum absolute atomic E-state index is 12.0. The summed E-state index contributed by atoms with van der Waals surface area (Å²) in [5.41, 5.74) is 2.47. The van der Waals surface area contributed by atoms with Gasteiger partial charge in [-0.2, -0.15) is 0 Å². The molecule has 0 aliphatic rings. The molecule has 1 amide bonds. The number of fused-ring (bicyclic) bond motifs is 1. The van der Waals surface area contributed by atoms with Crippen molar-refractivity contribution in [3.05, 3.63) is 72.3 Å². The Balaban J connectivity index is 1.37. The fraction of sp³-hybridized carbons (Fsp3) is 0.261. The third-order valence-electron chi connectivity index (χ3n) is 4.51. The van der Waals surface area contributed by atoms with Crippen LogP contribution in [-0.2, 0) is 11.2 Å². The highest BCUT2D eigenvalue weighted by Crippen LogP contribution is 2.20. The lowest BCUT2D eigenvalue weighted by molar-refractivity contribution is -0.123. The number of carbonyl (C=O) groups excluding carboxylic acids is 1. The summed E-state index contributed by atoms with van der Waals surface area (Å²) in [6.45, 7) is 0.686. The Kier molecular flexibility index (Phi) is 6.31. The lowest BCUT2D eigenvalue weighted by Crippen LogP contribution is -2.29. The summed E-state index contributed by atoms with van der Waals surface area (Å²) in [5.74, 6) is 0.621. The number of ether oxygens (including phenoxy) is 1. The smallest absolute Gasteiger partial charge is 0.257 e. The standard InChI is InChI=1S/C23H26N2O2/c1-25(2)21-12-9-18(10-13-21)6-5-15-24-23(26)17-27-22-14-11-19-7-3-4-8-20(19)16-22/h3-4,7-14,16H,5-6,15,17H2,1-2H3,(H,24,26). The average molecular weight is 362 g/mol. The third-order valence-corrected chi connectivity index (χ3v) is 4.51. The number of nitrogens with zero attached hydrogens (tertiary/aromatic N) is 1. The molecule has 0 aromatic heterocycles. The average Bonchev–Trinajstić information content (AvgIpc) is 2.70. The number of hydrogen-bond donors (Lipinski definition) is 1. The second kappa shape index (κ2) is 9.08. The van der Waals surface area contributed by atoms with E-state index in [1.165, 1.54) is 11.3 Å². The summed E-state index contributed by atoms with van der Waals surface area (Å²) >= 11 is 0. The fourth-order valence-electron chi connectivity index (χ4n) is 2.94. The van der Waals surface area contributed by atoms with Crippen LogP contribution in [0.4, 0.5) is 5.69 Å². The van der Waals surface area contributed by atoms with E-state index < -0.39 is 0 Å². The van der Waals surface area contributed by atoms with Crippen LogP contribution in [0.1, 0.15) is 12.0 Å². The van der Waals surface area contributed by atoms with Gasteiger partial charge in [0, 0.05) is 26.3 Å². The topological polar surface area (TPSA) is 41.6 Å². The van der Waals surface area contributed by atoms with Crippen molar-refractivity contribution >= 4 is 22.4 Å². The van der Waals surface area contributed by atoms with Gasteiger partial charge < -0.3 is 15.0 Å². The van der Waals surface area contributed by atoms with Gasteiger partial charge in [0.05, 0.1) is 0 Å². The SMILES string of the molecule is CN(C)c1ccc(CCCNC(=O)COc2ccc3ccccc3c2)cc1. The van der Waals surface area contributed by atoms with Gasteiger partial charge in [0.15, 0.2) is 6.61 Å². The van der Waals surface area contributed by atoms with Crippen molar-refractivity contribution in [1.29, 1.82) is 0 Å².